The van der Waals surface area contributed by atoms with Gasteiger partial charge in [-0.3, -0.25) is 14.4 Å². The first-order valence-electron chi connectivity index (χ1n) is 9.44. The van der Waals surface area contributed by atoms with E-state index in [1.165, 1.54) is 4.90 Å². The molecule has 0 spiro atoms. The van der Waals surface area contributed by atoms with Crippen LogP contribution in [0.5, 0.6) is 0 Å². The average Bonchev–Trinajstić information content (AvgIpc) is 3.26. The first kappa shape index (κ1) is 19.7. The van der Waals surface area contributed by atoms with Crippen molar-refractivity contribution in [2.75, 3.05) is 9.96 Å². The van der Waals surface area contributed by atoms with E-state index in [9.17, 15) is 9.59 Å². The Labute approximate surface area is 195 Å². The van der Waals surface area contributed by atoms with Crippen LogP contribution in [0.1, 0.15) is 11.6 Å². The highest BCUT2D eigenvalue weighted by Gasteiger charge is 2.60. The maximum absolute atomic E-state index is 13.5. The number of imide groups is 1. The molecule has 0 N–H and O–H groups in total. The highest BCUT2D eigenvalue weighted by atomic mass is 127. The molecule has 5 nitrogen and oxygen atoms in total. The lowest BCUT2D eigenvalue weighted by Gasteiger charge is -2.28. The fraction of sp³-hybridized carbons (Fsp3) is 0.130. The molecule has 2 heterocycles. The third kappa shape index (κ3) is 3.25. The van der Waals surface area contributed by atoms with Gasteiger partial charge in [-0.1, -0.05) is 46.3 Å². The first-order chi connectivity index (χ1) is 14.5. The summed E-state index contributed by atoms with van der Waals surface area (Å²) in [6.45, 7) is 0. The molecule has 3 aromatic rings. The highest BCUT2D eigenvalue weighted by Crippen LogP contribution is 2.47. The second-order valence-corrected chi connectivity index (χ2v) is 9.36. The number of para-hydroxylation sites is 1. The minimum atomic E-state index is -0.860. The zero-order chi connectivity index (χ0) is 20.8. The number of hydrogen-bond acceptors (Lipinski definition) is 4. The number of amides is 2. The van der Waals surface area contributed by atoms with Crippen molar-refractivity contribution < 1.29 is 14.4 Å². The van der Waals surface area contributed by atoms with Crippen LogP contribution in [-0.2, 0) is 14.4 Å². The van der Waals surface area contributed by atoms with Gasteiger partial charge in [0, 0.05) is 8.04 Å². The van der Waals surface area contributed by atoms with Crippen LogP contribution in [-0.4, -0.2) is 17.9 Å². The third-order valence-electron chi connectivity index (χ3n) is 5.40. The van der Waals surface area contributed by atoms with Crippen molar-refractivity contribution in [1.82, 2.24) is 0 Å². The Morgan fingerprint density at radius 1 is 0.833 bits per heavy atom. The van der Waals surface area contributed by atoms with E-state index < -0.39 is 18.1 Å². The highest BCUT2D eigenvalue weighted by molar-refractivity contribution is 14.1. The maximum Gasteiger partial charge on any atom is 0.266 e. The van der Waals surface area contributed by atoms with E-state index in [1.54, 1.807) is 17.2 Å². The first-order valence-corrected chi connectivity index (χ1v) is 11.3. The lowest BCUT2D eigenvalue weighted by Crippen LogP contribution is -2.37. The number of carbonyl (C=O) groups is 2. The minimum absolute atomic E-state index is 0.241. The van der Waals surface area contributed by atoms with Gasteiger partial charge in [-0.2, -0.15) is 0 Å². The van der Waals surface area contributed by atoms with Gasteiger partial charge in [0.25, 0.3) is 5.91 Å². The maximum atomic E-state index is 13.5. The fourth-order valence-corrected chi connectivity index (χ4v) is 4.86. The molecule has 0 saturated carbocycles. The zero-order valence-corrected chi connectivity index (χ0v) is 19.4. The minimum Gasteiger partial charge on any atom is -0.273 e. The Kier molecular flexibility index (Phi) is 5.12. The second kappa shape index (κ2) is 7.79. The van der Waals surface area contributed by atoms with Gasteiger partial charge in [-0.25, -0.2) is 9.96 Å². The van der Waals surface area contributed by atoms with Crippen molar-refractivity contribution in [1.29, 1.82) is 0 Å². The number of hydroxylamine groups is 1. The Balaban J connectivity index is 1.59. The molecule has 5 rings (SSSR count). The lowest BCUT2D eigenvalue weighted by molar-refractivity contribution is -0.126. The zero-order valence-electron chi connectivity index (χ0n) is 15.6. The largest absolute Gasteiger partial charge is 0.273 e. The number of hydrogen-bond donors (Lipinski definition) is 0. The summed E-state index contributed by atoms with van der Waals surface area (Å²) in [6.07, 6.45) is -0.860. The molecule has 30 heavy (non-hydrogen) atoms. The number of fused-ring (bicyclic) bond motifs is 1. The van der Waals surface area contributed by atoms with Gasteiger partial charge < -0.3 is 0 Å². The molecule has 0 radical (unpaired) electrons. The van der Waals surface area contributed by atoms with Crippen LogP contribution in [0.3, 0.4) is 0 Å². The van der Waals surface area contributed by atoms with Crippen LogP contribution in [0.25, 0.3) is 0 Å². The molecule has 0 aliphatic carbocycles. The van der Waals surface area contributed by atoms with Crippen molar-refractivity contribution in [2.24, 2.45) is 5.92 Å². The van der Waals surface area contributed by atoms with Crippen molar-refractivity contribution >= 4 is 61.7 Å². The quantitative estimate of drug-likeness (QED) is 0.322. The Morgan fingerprint density at radius 3 is 2.27 bits per heavy atom. The summed E-state index contributed by atoms with van der Waals surface area (Å²) in [6, 6.07) is 24.3. The number of nitrogens with zero attached hydrogens (tertiary/aromatic N) is 2. The molecule has 2 aliphatic heterocycles. The third-order valence-corrected chi connectivity index (χ3v) is 6.61. The fourth-order valence-electron chi connectivity index (χ4n) is 4.09. The summed E-state index contributed by atoms with van der Waals surface area (Å²) >= 11 is 5.71. The van der Waals surface area contributed by atoms with Crippen LogP contribution in [0, 0.1) is 9.49 Å². The van der Waals surface area contributed by atoms with Crippen LogP contribution in [0.2, 0.25) is 0 Å². The van der Waals surface area contributed by atoms with Crippen molar-refractivity contribution in [3.8, 4) is 0 Å². The van der Waals surface area contributed by atoms with E-state index in [4.69, 9.17) is 4.84 Å². The van der Waals surface area contributed by atoms with Gasteiger partial charge in [0.15, 0.2) is 6.10 Å². The Morgan fingerprint density at radius 2 is 1.57 bits per heavy atom. The smallest absolute Gasteiger partial charge is 0.266 e. The molecular weight excluding hydrogens is 559 g/mol. The molecule has 0 aromatic heterocycles. The van der Waals surface area contributed by atoms with E-state index in [2.05, 4.69) is 38.5 Å². The molecular formula is C23H16BrIN2O3. The molecule has 2 amide bonds. The summed E-state index contributed by atoms with van der Waals surface area (Å²) in [5, 5.41) is 1.71. The van der Waals surface area contributed by atoms with E-state index in [-0.39, 0.29) is 11.8 Å². The standard InChI is InChI=1S/C23H16BrIN2O3/c24-15-6-4-5-14(13-15)20-19-21(30-27(20)18-7-2-1-3-8-18)23(29)26(22(19)28)17-11-9-16(25)10-12-17/h1-13,19-21H/t19-,20+,21-/m1/s1. The number of rotatable bonds is 3. The predicted molar refractivity (Wildman–Crippen MR) is 126 cm³/mol. The lowest BCUT2D eigenvalue weighted by atomic mass is 9.90. The normalized spacial score (nSPS) is 23.2. The van der Waals surface area contributed by atoms with Crippen LogP contribution in [0.15, 0.2) is 83.3 Å². The average molecular weight is 575 g/mol. The number of benzene rings is 3. The van der Waals surface area contributed by atoms with Gasteiger partial charge in [0.2, 0.25) is 5.91 Å². The molecule has 7 heteroatoms. The molecule has 3 atom stereocenters. The summed E-state index contributed by atoms with van der Waals surface area (Å²) in [7, 11) is 0. The van der Waals surface area contributed by atoms with Gasteiger partial charge in [-0.15, -0.1) is 0 Å². The van der Waals surface area contributed by atoms with Gasteiger partial charge >= 0.3 is 0 Å². The Bertz CT molecular complexity index is 1120. The van der Waals surface area contributed by atoms with Crippen LogP contribution < -0.4 is 9.96 Å². The number of anilines is 2. The topological polar surface area (TPSA) is 49.9 Å². The van der Waals surface area contributed by atoms with Crippen molar-refractivity contribution in [2.45, 2.75) is 12.1 Å². The molecule has 0 bridgehead atoms. The van der Waals surface area contributed by atoms with E-state index in [1.807, 2.05) is 66.7 Å². The SMILES string of the molecule is O=C1[C@H]2[C@@H](ON(c3ccccc3)[C@H]2c2cccc(Br)c2)C(=O)N1c1ccc(I)cc1. The molecule has 2 saturated heterocycles. The van der Waals surface area contributed by atoms with Crippen LogP contribution >= 0.6 is 38.5 Å². The summed E-state index contributed by atoms with van der Waals surface area (Å²) in [5.74, 6) is -1.20. The molecule has 2 fully saturated rings. The summed E-state index contributed by atoms with van der Waals surface area (Å²) in [4.78, 5) is 34.2. The molecule has 3 aromatic carbocycles. The second-order valence-electron chi connectivity index (χ2n) is 7.20. The van der Waals surface area contributed by atoms with Crippen molar-refractivity contribution in [3.63, 3.8) is 0 Å². The monoisotopic (exact) mass is 574 g/mol. The predicted octanol–water partition coefficient (Wildman–Crippen LogP) is 5.10. The van der Waals surface area contributed by atoms with Gasteiger partial charge in [0.05, 0.1) is 17.4 Å². The van der Waals surface area contributed by atoms with E-state index in [0.29, 0.717) is 5.69 Å². The molecule has 150 valence electrons. The van der Waals surface area contributed by atoms with Gasteiger partial charge in [0.1, 0.15) is 5.92 Å². The van der Waals surface area contributed by atoms with E-state index >= 15 is 0 Å². The molecule has 0 unspecified atom stereocenters. The summed E-state index contributed by atoms with van der Waals surface area (Å²) < 4.78 is 1.94. The van der Waals surface area contributed by atoms with E-state index in [0.717, 1.165) is 19.3 Å². The number of halogens is 2. The summed E-state index contributed by atoms with van der Waals surface area (Å²) in [5.41, 5.74) is 2.28. The number of carbonyl (C=O) groups excluding carboxylic acids is 2. The van der Waals surface area contributed by atoms with Crippen molar-refractivity contribution in [3.05, 3.63) is 92.5 Å². The van der Waals surface area contributed by atoms with Gasteiger partial charge in [-0.05, 0) is 76.7 Å². The Hall–Kier alpha value is -2.23. The molecule has 2 aliphatic rings. The van der Waals surface area contributed by atoms with Crippen LogP contribution in [0.4, 0.5) is 11.4 Å².